The van der Waals surface area contributed by atoms with Crippen molar-refractivity contribution in [1.82, 2.24) is 0 Å². The molecule has 2 aromatic carbocycles. The third kappa shape index (κ3) is 8.51. The molecule has 192 valence electrons. The molecule has 0 heterocycles. The highest BCUT2D eigenvalue weighted by Crippen LogP contribution is 2.37. The summed E-state index contributed by atoms with van der Waals surface area (Å²) in [6, 6.07) is 19.2. The van der Waals surface area contributed by atoms with Crippen LogP contribution in [-0.2, 0) is 19.3 Å². The van der Waals surface area contributed by atoms with Crippen LogP contribution in [0.1, 0.15) is 132 Å². The predicted molar refractivity (Wildman–Crippen MR) is 153 cm³/mol. The molecule has 0 bridgehead atoms. The van der Waals surface area contributed by atoms with Gasteiger partial charge in [0.15, 0.2) is 0 Å². The largest absolute Gasteiger partial charge is 0.0654 e. The highest BCUT2D eigenvalue weighted by Gasteiger charge is 2.22. The molecule has 0 aromatic heterocycles. The van der Waals surface area contributed by atoms with Gasteiger partial charge in [0.1, 0.15) is 0 Å². The first kappa shape index (κ1) is 26.5. The minimum atomic E-state index is 0.806. The molecule has 0 amide bonds. The number of benzene rings is 2. The van der Waals surface area contributed by atoms with Gasteiger partial charge in [0.25, 0.3) is 0 Å². The lowest BCUT2D eigenvalue weighted by Crippen LogP contribution is -2.15. The van der Waals surface area contributed by atoms with Crippen LogP contribution < -0.4 is 0 Å². The molecule has 0 spiro atoms. The second-order valence-corrected chi connectivity index (χ2v) is 12.1. The number of unbranched alkanes of at least 4 members (excludes halogenated alkanes) is 1. The summed E-state index contributed by atoms with van der Waals surface area (Å²) < 4.78 is 0. The number of aryl methyl sites for hydroxylation is 3. The fourth-order valence-corrected chi connectivity index (χ4v) is 6.98. The lowest BCUT2D eigenvalue weighted by molar-refractivity contribution is 0.250. The van der Waals surface area contributed by atoms with Crippen LogP contribution in [0.25, 0.3) is 0 Å². The van der Waals surface area contributed by atoms with Crippen LogP contribution in [0.3, 0.4) is 0 Å². The van der Waals surface area contributed by atoms with Crippen molar-refractivity contribution in [3.63, 3.8) is 0 Å². The zero-order valence-electron chi connectivity index (χ0n) is 22.9. The van der Waals surface area contributed by atoms with Crippen LogP contribution in [0.2, 0.25) is 0 Å². The summed E-state index contributed by atoms with van der Waals surface area (Å²) >= 11 is 0. The van der Waals surface area contributed by atoms with Gasteiger partial charge in [0.05, 0.1) is 0 Å². The monoisotopic (exact) mass is 472 g/mol. The molecule has 0 heteroatoms. The summed E-state index contributed by atoms with van der Waals surface area (Å²) in [4.78, 5) is 0. The van der Waals surface area contributed by atoms with E-state index < -0.39 is 0 Å². The van der Waals surface area contributed by atoms with Crippen LogP contribution in [0.5, 0.6) is 0 Å². The molecule has 2 fully saturated rings. The maximum Gasteiger partial charge on any atom is -0.0162 e. The van der Waals surface area contributed by atoms with E-state index in [9.17, 15) is 0 Å². The normalized spacial score (nSPS) is 25.0. The Balaban J connectivity index is 1.15. The molecular weight excluding hydrogens is 420 g/mol. The molecule has 0 N–H and O–H groups in total. The first-order valence-corrected chi connectivity index (χ1v) is 15.4. The van der Waals surface area contributed by atoms with E-state index in [1.165, 1.54) is 107 Å². The van der Waals surface area contributed by atoms with E-state index in [1.54, 1.807) is 11.1 Å². The SMILES string of the molecule is CCCC[C@H]1CC[C@H](CCc2ccc(CCc3ccc([C@H]4CC[C@H](CCC)CC4)cc3)cc2)CC1. The molecule has 2 aliphatic carbocycles. The maximum absolute atomic E-state index is 2.43. The summed E-state index contributed by atoms with van der Waals surface area (Å²) in [5.41, 5.74) is 6.11. The van der Waals surface area contributed by atoms with Crippen molar-refractivity contribution in [1.29, 1.82) is 0 Å². The minimum absolute atomic E-state index is 0.806. The van der Waals surface area contributed by atoms with Crippen molar-refractivity contribution in [3.8, 4) is 0 Å². The smallest absolute Gasteiger partial charge is 0.0162 e. The number of rotatable bonds is 12. The van der Waals surface area contributed by atoms with Gasteiger partial charge in [-0.1, -0.05) is 120 Å². The van der Waals surface area contributed by atoms with Crippen LogP contribution in [0.15, 0.2) is 48.5 Å². The second-order valence-electron chi connectivity index (χ2n) is 12.1. The van der Waals surface area contributed by atoms with Crippen molar-refractivity contribution in [3.05, 3.63) is 70.8 Å². The van der Waals surface area contributed by atoms with E-state index in [4.69, 9.17) is 0 Å². The van der Waals surface area contributed by atoms with E-state index in [-0.39, 0.29) is 0 Å². The number of hydrogen-bond acceptors (Lipinski definition) is 0. The predicted octanol–water partition coefficient (Wildman–Crippen LogP) is 10.5. The molecule has 0 nitrogen and oxygen atoms in total. The fraction of sp³-hybridized carbons (Fsp3) is 0.657. The van der Waals surface area contributed by atoms with Crippen molar-refractivity contribution in [2.24, 2.45) is 17.8 Å². The van der Waals surface area contributed by atoms with Crippen LogP contribution in [-0.4, -0.2) is 0 Å². The van der Waals surface area contributed by atoms with E-state index >= 15 is 0 Å². The molecule has 2 aliphatic rings. The average molecular weight is 473 g/mol. The van der Waals surface area contributed by atoms with Gasteiger partial charge in [-0.05, 0) is 97.3 Å². The lowest BCUT2D eigenvalue weighted by Gasteiger charge is -2.28. The molecule has 0 aliphatic heterocycles. The van der Waals surface area contributed by atoms with Gasteiger partial charge in [0.2, 0.25) is 0 Å². The van der Waals surface area contributed by atoms with E-state index in [0.29, 0.717) is 0 Å². The van der Waals surface area contributed by atoms with Crippen LogP contribution in [0, 0.1) is 17.8 Å². The molecular formula is C35H52. The van der Waals surface area contributed by atoms with E-state index in [0.717, 1.165) is 36.5 Å². The summed E-state index contributed by atoms with van der Waals surface area (Å²) in [6.07, 6.45) is 23.7. The highest BCUT2D eigenvalue weighted by molar-refractivity contribution is 5.28. The van der Waals surface area contributed by atoms with Gasteiger partial charge in [-0.3, -0.25) is 0 Å². The maximum atomic E-state index is 2.43. The Labute approximate surface area is 217 Å². The average Bonchev–Trinajstić information content (AvgIpc) is 2.92. The molecule has 35 heavy (non-hydrogen) atoms. The first-order valence-electron chi connectivity index (χ1n) is 15.4. The van der Waals surface area contributed by atoms with Gasteiger partial charge < -0.3 is 0 Å². The van der Waals surface area contributed by atoms with Gasteiger partial charge in [-0.2, -0.15) is 0 Å². The van der Waals surface area contributed by atoms with Crippen molar-refractivity contribution < 1.29 is 0 Å². The van der Waals surface area contributed by atoms with E-state index in [2.05, 4.69) is 62.4 Å². The quantitative estimate of drug-likeness (QED) is 0.288. The minimum Gasteiger partial charge on any atom is -0.0654 e. The lowest BCUT2D eigenvalue weighted by atomic mass is 9.77. The topological polar surface area (TPSA) is 0 Å². The van der Waals surface area contributed by atoms with Gasteiger partial charge in [-0.15, -0.1) is 0 Å². The molecule has 0 radical (unpaired) electrons. The van der Waals surface area contributed by atoms with Gasteiger partial charge in [0, 0.05) is 0 Å². The molecule has 2 aromatic rings. The third-order valence-electron chi connectivity index (χ3n) is 9.49. The molecule has 0 atom stereocenters. The first-order chi connectivity index (χ1) is 17.2. The summed E-state index contributed by atoms with van der Waals surface area (Å²) in [5.74, 6) is 3.81. The van der Waals surface area contributed by atoms with Crippen LogP contribution >= 0.6 is 0 Å². The molecule has 0 unspecified atom stereocenters. The van der Waals surface area contributed by atoms with Crippen LogP contribution in [0.4, 0.5) is 0 Å². The van der Waals surface area contributed by atoms with Gasteiger partial charge >= 0.3 is 0 Å². The number of hydrogen-bond donors (Lipinski definition) is 0. The summed E-state index contributed by atoms with van der Waals surface area (Å²) in [6.45, 7) is 4.66. The Bertz CT molecular complexity index is 813. The zero-order chi connectivity index (χ0) is 24.3. The Kier molecular flexibility index (Phi) is 10.8. The Morgan fingerprint density at radius 3 is 1.49 bits per heavy atom. The Morgan fingerprint density at radius 1 is 0.486 bits per heavy atom. The van der Waals surface area contributed by atoms with Crippen molar-refractivity contribution in [2.75, 3.05) is 0 Å². The molecule has 0 saturated heterocycles. The molecule has 2 saturated carbocycles. The zero-order valence-corrected chi connectivity index (χ0v) is 22.9. The Morgan fingerprint density at radius 2 is 0.943 bits per heavy atom. The highest BCUT2D eigenvalue weighted by atomic mass is 14.3. The van der Waals surface area contributed by atoms with Crippen molar-refractivity contribution in [2.45, 2.75) is 129 Å². The third-order valence-corrected chi connectivity index (χ3v) is 9.49. The van der Waals surface area contributed by atoms with Gasteiger partial charge in [-0.25, -0.2) is 0 Å². The standard InChI is InChI=1S/C35H52/c1-3-5-7-29-8-10-30(11-9-29)12-13-31-14-16-32(17-15-31)18-19-33-22-26-35(27-23-33)34-24-20-28(6-4-2)21-25-34/h14-17,22-23,26-30,34H,3-13,18-21,24-25H2,1-2H3/t28-,29-,30-,34-. The second kappa shape index (κ2) is 14.2. The van der Waals surface area contributed by atoms with E-state index in [1.807, 2.05) is 0 Å². The fourth-order valence-electron chi connectivity index (χ4n) is 6.98. The summed E-state index contributed by atoms with van der Waals surface area (Å²) in [7, 11) is 0. The Hall–Kier alpha value is -1.56. The molecule has 4 rings (SSSR count). The summed E-state index contributed by atoms with van der Waals surface area (Å²) in [5, 5.41) is 0. The van der Waals surface area contributed by atoms with Crippen molar-refractivity contribution >= 4 is 0 Å².